The number of ether oxygens (including phenoxy) is 1. The number of benzene rings is 3. The number of hydrogen-bond acceptors (Lipinski definition) is 6. The highest BCUT2D eigenvalue weighted by Gasteiger charge is 2.41. The van der Waals surface area contributed by atoms with E-state index in [1.165, 1.54) is 15.9 Å². The first-order valence-corrected chi connectivity index (χ1v) is 16.5. The van der Waals surface area contributed by atoms with Crippen molar-refractivity contribution < 1.29 is 23.9 Å². The van der Waals surface area contributed by atoms with Crippen LogP contribution in [0.5, 0.6) is 0 Å². The van der Waals surface area contributed by atoms with E-state index < -0.39 is 18.0 Å². The number of nitrogens with one attached hydrogen (secondary N) is 1. The summed E-state index contributed by atoms with van der Waals surface area (Å²) in [6.07, 6.45) is 5.49. The zero-order valence-electron chi connectivity index (χ0n) is 27.2. The van der Waals surface area contributed by atoms with Crippen molar-refractivity contribution in [1.29, 1.82) is 0 Å². The molecule has 1 aromatic heterocycles. The molecule has 3 aromatic carbocycles. The van der Waals surface area contributed by atoms with E-state index in [1.807, 2.05) is 72.8 Å². The lowest BCUT2D eigenvalue weighted by Crippen LogP contribution is -2.59. The number of rotatable bonds is 9. The number of morpholine rings is 1. The van der Waals surface area contributed by atoms with Crippen LogP contribution in [0.4, 0.5) is 5.69 Å². The number of amides is 4. The molecule has 0 spiro atoms. The molecule has 0 saturated carbocycles. The van der Waals surface area contributed by atoms with E-state index in [2.05, 4.69) is 16.9 Å². The van der Waals surface area contributed by atoms with Crippen molar-refractivity contribution in [3.63, 3.8) is 0 Å². The first-order valence-electron chi connectivity index (χ1n) is 16.5. The van der Waals surface area contributed by atoms with Gasteiger partial charge in [-0.15, -0.1) is 0 Å². The first-order chi connectivity index (χ1) is 23.9. The van der Waals surface area contributed by atoms with E-state index >= 15 is 0 Å². The van der Waals surface area contributed by atoms with E-state index in [9.17, 15) is 19.2 Å². The molecule has 49 heavy (non-hydrogen) atoms. The molecular formula is C39H39N5O5. The Labute approximate surface area is 286 Å². The Hall–Kier alpha value is -5.61. The SMILES string of the molecule is C=CC(=O)N1CCOCC1C(=O)N(c1ccc(-c2ccccc2)cc1)C(C(=O)NC1CCN(C(=O)c2ccccc2)CC1)c1cccnc1. The largest absolute Gasteiger partial charge is 0.377 e. The van der Waals surface area contributed by atoms with Crippen molar-refractivity contribution in [2.75, 3.05) is 37.7 Å². The molecule has 6 rings (SSSR count). The molecule has 0 bridgehead atoms. The normalized spacial score (nSPS) is 17.1. The molecule has 2 unspecified atom stereocenters. The number of aromatic nitrogens is 1. The molecule has 2 aliphatic heterocycles. The molecule has 2 aliphatic rings. The van der Waals surface area contributed by atoms with Crippen LogP contribution in [0.1, 0.15) is 34.8 Å². The standard InChI is InChI=1S/C39H39N5O5/c1-2-35(45)43-24-25-49-27-34(43)39(48)44(33-17-15-29(16-18-33)28-10-5-3-6-11-28)36(31-14-9-21-40-26-31)37(46)41-32-19-22-42(23-20-32)38(47)30-12-7-4-8-13-30/h2-18,21,26,32,34,36H,1,19-20,22-25,27H2,(H,41,46). The molecule has 10 heteroatoms. The van der Waals surface area contributed by atoms with Crippen molar-refractivity contribution in [1.82, 2.24) is 20.1 Å². The number of hydrogen-bond donors (Lipinski definition) is 1. The van der Waals surface area contributed by atoms with Crippen molar-refractivity contribution in [2.24, 2.45) is 0 Å². The maximum absolute atomic E-state index is 14.7. The lowest BCUT2D eigenvalue weighted by Gasteiger charge is -2.40. The van der Waals surface area contributed by atoms with Gasteiger partial charge in [0, 0.05) is 54.9 Å². The highest BCUT2D eigenvalue weighted by molar-refractivity contribution is 6.05. The first kappa shape index (κ1) is 33.3. The molecule has 1 N–H and O–H groups in total. The summed E-state index contributed by atoms with van der Waals surface area (Å²) in [7, 11) is 0. The fraction of sp³-hybridized carbons (Fsp3) is 0.256. The van der Waals surface area contributed by atoms with Gasteiger partial charge in [-0.25, -0.2) is 0 Å². The number of piperidine rings is 1. The second kappa shape index (κ2) is 15.5. The van der Waals surface area contributed by atoms with Crippen LogP contribution in [0.15, 0.2) is 122 Å². The van der Waals surface area contributed by atoms with Crippen LogP contribution in [0.3, 0.4) is 0 Å². The third-order valence-electron chi connectivity index (χ3n) is 9.02. The van der Waals surface area contributed by atoms with E-state index in [0.29, 0.717) is 42.7 Å². The number of nitrogens with zero attached hydrogens (tertiary/aromatic N) is 4. The van der Waals surface area contributed by atoms with Crippen LogP contribution < -0.4 is 10.2 Å². The molecule has 2 fully saturated rings. The Morgan fingerprint density at radius 2 is 1.53 bits per heavy atom. The van der Waals surface area contributed by atoms with Crippen LogP contribution in [0.25, 0.3) is 11.1 Å². The zero-order chi connectivity index (χ0) is 34.2. The van der Waals surface area contributed by atoms with Gasteiger partial charge in [0.1, 0.15) is 12.1 Å². The van der Waals surface area contributed by atoms with E-state index in [4.69, 9.17) is 4.74 Å². The topological polar surface area (TPSA) is 112 Å². The molecule has 0 aliphatic carbocycles. The van der Waals surface area contributed by atoms with Gasteiger partial charge < -0.3 is 19.9 Å². The summed E-state index contributed by atoms with van der Waals surface area (Å²) >= 11 is 0. The maximum atomic E-state index is 14.7. The summed E-state index contributed by atoms with van der Waals surface area (Å²) in [4.78, 5) is 64.1. The Balaban J connectivity index is 1.31. The average Bonchev–Trinajstić information content (AvgIpc) is 3.17. The number of likely N-dealkylation sites (tertiary alicyclic amines) is 1. The monoisotopic (exact) mass is 657 g/mol. The maximum Gasteiger partial charge on any atom is 0.253 e. The third kappa shape index (κ3) is 7.60. The van der Waals surface area contributed by atoms with Crippen molar-refractivity contribution >= 4 is 29.3 Å². The van der Waals surface area contributed by atoms with Crippen LogP contribution in [-0.4, -0.2) is 83.3 Å². The number of anilines is 1. The molecular weight excluding hydrogens is 618 g/mol. The third-order valence-corrected chi connectivity index (χ3v) is 9.02. The van der Waals surface area contributed by atoms with Gasteiger partial charge in [-0.2, -0.15) is 0 Å². The van der Waals surface area contributed by atoms with Crippen LogP contribution in [-0.2, 0) is 19.1 Å². The van der Waals surface area contributed by atoms with Gasteiger partial charge in [-0.3, -0.25) is 29.1 Å². The summed E-state index contributed by atoms with van der Waals surface area (Å²) in [5.41, 5.74) is 3.57. The van der Waals surface area contributed by atoms with Gasteiger partial charge in [-0.05, 0) is 60.4 Å². The summed E-state index contributed by atoms with van der Waals surface area (Å²) in [5.74, 6) is -1.28. The number of carbonyl (C=O) groups excluding carboxylic acids is 4. The average molecular weight is 658 g/mol. The summed E-state index contributed by atoms with van der Waals surface area (Å²) in [6, 6.07) is 27.6. The van der Waals surface area contributed by atoms with Crippen molar-refractivity contribution in [3.8, 4) is 11.1 Å². The van der Waals surface area contributed by atoms with Crippen molar-refractivity contribution in [3.05, 3.63) is 133 Å². The molecule has 4 amide bonds. The minimum atomic E-state index is -1.12. The van der Waals surface area contributed by atoms with Gasteiger partial charge in [0.25, 0.3) is 11.8 Å². The highest BCUT2D eigenvalue weighted by Crippen LogP contribution is 2.32. The second-order valence-electron chi connectivity index (χ2n) is 12.1. The van der Waals surface area contributed by atoms with Crippen LogP contribution in [0.2, 0.25) is 0 Å². The quantitative estimate of drug-likeness (QED) is 0.262. The van der Waals surface area contributed by atoms with Gasteiger partial charge in [0.05, 0.1) is 13.2 Å². The molecule has 250 valence electrons. The predicted octanol–water partition coefficient (Wildman–Crippen LogP) is 4.66. The second-order valence-corrected chi connectivity index (χ2v) is 12.1. The fourth-order valence-electron chi connectivity index (χ4n) is 6.42. The minimum absolute atomic E-state index is 0.0215. The minimum Gasteiger partial charge on any atom is -0.377 e. The number of carbonyl (C=O) groups is 4. The molecule has 2 saturated heterocycles. The van der Waals surface area contributed by atoms with Gasteiger partial charge in [-0.1, -0.05) is 73.3 Å². The fourth-order valence-corrected chi connectivity index (χ4v) is 6.42. The Morgan fingerprint density at radius 3 is 2.18 bits per heavy atom. The van der Waals surface area contributed by atoms with Crippen LogP contribution in [0, 0.1) is 0 Å². The molecule has 3 heterocycles. The van der Waals surface area contributed by atoms with Gasteiger partial charge in [0.2, 0.25) is 11.8 Å². The Bertz CT molecular complexity index is 1760. The Kier molecular flexibility index (Phi) is 10.6. The van der Waals surface area contributed by atoms with E-state index in [-0.39, 0.29) is 43.5 Å². The Morgan fingerprint density at radius 1 is 0.857 bits per heavy atom. The smallest absolute Gasteiger partial charge is 0.253 e. The van der Waals surface area contributed by atoms with Crippen molar-refractivity contribution in [2.45, 2.75) is 31.0 Å². The van der Waals surface area contributed by atoms with E-state index in [0.717, 1.165) is 11.1 Å². The zero-order valence-corrected chi connectivity index (χ0v) is 27.2. The molecule has 10 nitrogen and oxygen atoms in total. The predicted molar refractivity (Wildman–Crippen MR) is 186 cm³/mol. The number of pyridine rings is 1. The highest BCUT2D eigenvalue weighted by atomic mass is 16.5. The summed E-state index contributed by atoms with van der Waals surface area (Å²) in [5, 5.41) is 3.18. The lowest BCUT2D eigenvalue weighted by atomic mass is 9.99. The molecule has 2 atom stereocenters. The van der Waals surface area contributed by atoms with E-state index in [1.54, 1.807) is 41.6 Å². The summed E-state index contributed by atoms with van der Waals surface area (Å²) < 4.78 is 5.70. The molecule has 4 aromatic rings. The lowest BCUT2D eigenvalue weighted by molar-refractivity contribution is -0.144. The molecule has 0 radical (unpaired) electrons. The van der Waals surface area contributed by atoms with Gasteiger partial charge in [0.15, 0.2) is 0 Å². The van der Waals surface area contributed by atoms with Gasteiger partial charge >= 0.3 is 0 Å². The van der Waals surface area contributed by atoms with Crippen LogP contribution >= 0.6 is 0 Å². The summed E-state index contributed by atoms with van der Waals surface area (Å²) in [6.45, 7) is 5.07.